The summed E-state index contributed by atoms with van der Waals surface area (Å²) in [6.07, 6.45) is 0.348. The molecule has 0 atom stereocenters. The van der Waals surface area contributed by atoms with Crippen molar-refractivity contribution in [2.75, 3.05) is 5.73 Å². The molecule has 1 aromatic heterocycles. The molecule has 1 heterocycles. The summed E-state index contributed by atoms with van der Waals surface area (Å²) in [4.78, 5) is 0. The first-order chi connectivity index (χ1) is 6.24. The number of rotatable bonds is 3. The first-order valence-corrected chi connectivity index (χ1v) is 6.51. The molecule has 4 N–H and O–H groups in total. The summed E-state index contributed by atoms with van der Waals surface area (Å²) < 4.78 is 21.5. The zero-order chi connectivity index (χ0) is 11.0. The first-order valence-electron chi connectivity index (χ1n) is 4.08. The Bertz CT molecular complexity index is 420. The molecule has 0 aromatic carbocycles. The van der Waals surface area contributed by atoms with Gasteiger partial charge >= 0.3 is 0 Å². The number of nitrogens with two attached hydrogens (primary N) is 2. The second-order valence-electron chi connectivity index (χ2n) is 3.79. The minimum absolute atomic E-state index is 0.348. The van der Waals surface area contributed by atoms with Crippen molar-refractivity contribution in [3.8, 4) is 0 Å². The topological polar surface area (TPSA) is 86.2 Å². The lowest BCUT2D eigenvalue weighted by atomic mass is 10.0. The van der Waals surface area contributed by atoms with Crippen LogP contribution >= 0.6 is 11.3 Å². The summed E-state index contributed by atoms with van der Waals surface area (Å²) in [5, 5.41) is 7.61. The van der Waals surface area contributed by atoms with Gasteiger partial charge in [0.2, 0.25) is 10.0 Å². The van der Waals surface area contributed by atoms with E-state index >= 15 is 0 Å². The number of hydrogen-bond donors (Lipinski definition) is 2. The minimum atomic E-state index is -3.55. The van der Waals surface area contributed by atoms with Crippen molar-refractivity contribution in [3.05, 3.63) is 17.0 Å². The molecule has 0 spiro atoms. The van der Waals surface area contributed by atoms with Crippen LogP contribution in [0.25, 0.3) is 0 Å². The van der Waals surface area contributed by atoms with Crippen LogP contribution in [0.1, 0.15) is 19.4 Å². The molecule has 14 heavy (non-hydrogen) atoms. The van der Waals surface area contributed by atoms with Crippen LogP contribution in [-0.4, -0.2) is 13.2 Å². The predicted molar refractivity (Wildman–Crippen MR) is 59.6 cm³/mol. The Morgan fingerprint density at radius 3 is 2.43 bits per heavy atom. The molecular formula is C8H14N2O2S2. The Kier molecular flexibility index (Phi) is 2.89. The number of primary sulfonamides is 1. The molecule has 1 aromatic rings. The summed E-state index contributed by atoms with van der Waals surface area (Å²) in [5.74, 6) is 0. The fourth-order valence-electron chi connectivity index (χ4n) is 1.05. The lowest BCUT2D eigenvalue weighted by Crippen LogP contribution is -2.39. The third-order valence-corrected chi connectivity index (χ3v) is 4.64. The van der Waals surface area contributed by atoms with Crippen LogP contribution < -0.4 is 10.9 Å². The van der Waals surface area contributed by atoms with Crippen molar-refractivity contribution >= 4 is 26.4 Å². The number of anilines is 1. The quantitative estimate of drug-likeness (QED) is 0.816. The summed E-state index contributed by atoms with van der Waals surface area (Å²) in [6, 6.07) is 1.83. The molecule has 80 valence electrons. The molecule has 0 saturated heterocycles. The van der Waals surface area contributed by atoms with Crippen molar-refractivity contribution in [2.24, 2.45) is 5.14 Å². The number of sulfonamides is 1. The van der Waals surface area contributed by atoms with E-state index in [1.165, 1.54) is 11.3 Å². The standard InChI is InChI=1S/C8H14N2O2S2/c1-8(2,14(10,11)12)5-6-3-4-13-7(6)9/h3-4H,5,9H2,1-2H3,(H2,10,11,12). The fraction of sp³-hybridized carbons (Fsp3) is 0.500. The molecule has 1 rings (SSSR count). The smallest absolute Gasteiger partial charge is 0.214 e. The van der Waals surface area contributed by atoms with Crippen molar-refractivity contribution in [2.45, 2.75) is 25.0 Å². The Hall–Kier alpha value is -0.590. The molecule has 0 amide bonds. The first kappa shape index (κ1) is 11.5. The van der Waals surface area contributed by atoms with Crippen LogP contribution in [0.2, 0.25) is 0 Å². The van der Waals surface area contributed by atoms with Crippen molar-refractivity contribution in [1.82, 2.24) is 0 Å². The maximum Gasteiger partial charge on any atom is 0.214 e. The van der Waals surface area contributed by atoms with Crippen LogP contribution in [0.3, 0.4) is 0 Å². The Balaban J connectivity index is 2.95. The average molecular weight is 234 g/mol. The maximum atomic E-state index is 11.2. The van der Waals surface area contributed by atoms with Gasteiger partial charge in [0.15, 0.2) is 0 Å². The second kappa shape index (κ2) is 3.52. The maximum absolute atomic E-state index is 11.2. The van der Waals surface area contributed by atoms with Gasteiger partial charge in [-0.2, -0.15) is 0 Å². The molecular weight excluding hydrogens is 220 g/mol. The largest absolute Gasteiger partial charge is 0.390 e. The molecule has 0 aliphatic carbocycles. The third kappa shape index (κ3) is 2.26. The molecule has 0 bridgehead atoms. The molecule has 4 nitrogen and oxygen atoms in total. The van der Waals surface area contributed by atoms with E-state index in [9.17, 15) is 8.42 Å². The van der Waals surface area contributed by atoms with Gasteiger partial charge in [0.1, 0.15) is 0 Å². The lowest BCUT2D eigenvalue weighted by molar-refractivity contribution is 0.546. The summed E-state index contributed by atoms with van der Waals surface area (Å²) in [7, 11) is -3.55. The van der Waals surface area contributed by atoms with Crippen LogP contribution in [-0.2, 0) is 16.4 Å². The van der Waals surface area contributed by atoms with E-state index in [4.69, 9.17) is 10.9 Å². The Morgan fingerprint density at radius 1 is 1.50 bits per heavy atom. The van der Waals surface area contributed by atoms with E-state index in [1.807, 2.05) is 11.4 Å². The van der Waals surface area contributed by atoms with Crippen LogP contribution in [0.4, 0.5) is 5.00 Å². The van der Waals surface area contributed by atoms with Gasteiger partial charge in [0, 0.05) is 0 Å². The third-order valence-electron chi connectivity index (χ3n) is 2.17. The molecule has 0 unspecified atom stereocenters. The molecule has 0 aliphatic heterocycles. The van der Waals surface area contributed by atoms with E-state index in [0.29, 0.717) is 11.4 Å². The van der Waals surface area contributed by atoms with E-state index < -0.39 is 14.8 Å². The van der Waals surface area contributed by atoms with Gasteiger partial charge in [-0.1, -0.05) is 0 Å². The van der Waals surface area contributed by atoms with Gasteiger partial charge in [-0.15, -0.1) is 11.3 Å². The number of nitrogen functional groups attached to an aromatic ring is 1. The van der Waals surface area contributed by atoms with Gasteiger partial charge < -0.3 is 5.73 Å². The molecule has 0 fully saturated rings. The molecule has 6 heteroatoms. The van der Waals surface area contributed by atoms with Crippen molar-refractivity contribution < 1.29 is 8.42 Å². The van der Waals surface area contributed by atoms with Gasteiger partial charge in [-0.25, -0.2) is 13.6 Å². The summed E-state index contributed by atoms with van der Waals surface area (Å²) in [5.41, 5.74) is 6.52. The van der Waals surface area contributed by atoms with Crippen molar-refractivity contribution in [1.29, 1.82) is 0 Å². The fourth-order valence-corrected chi connectivity index (χ4v) is 2.08. The number of hydrogen-bond acceptors (Lipinski definition) is 4. The van der Waals surface area contributed by atoms with E-state index in [0.717, 1.165) is 5.56 Å². The Morgan fingerprint density at radius 2 is 2.07 bits per heavy atom. The highest BCUT2D eigenvalue weighted by Crippen LogP contribution is 2.26. The highest BCUT2D eigenvalue weighted by molar-refractivity contribution is 7.90. The van der Waals surface area contributed by atoms with Gasteiger partial charge in [-0.05, 0) is 37.3 Å². The van der Waals surface area contributed by atoms with Crippen LogP contribution in [0, 0.1) is 0 Å². The van der Waals surface area contributed by atoms with Gasteiger partial charge in [0.05, 0.1) is 9.75 Å². The van der Waals surface area contributed by atoms with Gasteiger partial charge in [0.25, 0.3) is 0 Å². The zero-order valence-electron chi connectivity index (χ0n) is 8.15. The minimum Gasteiger partial charge on any atom is -0.390 e. The predicted octanol–water partition coefficient (Wildman–Crippen LogP) is 0.940. The highest BCUT2D eigenvalue weighted by atomic mass is 32.2. The van der Waals surface area contributed by atoms with E-state index in [1.54, 1.807) is 13.8 Å². The SMILES string of the molecule is CC(C)(Cc1ccsc1N)S(N)(=O)=O. The molecule has 0 aliphatic rings. The lowest BCUT2D eigenvalue weighted by Gasteiger charge is -2.21. The summed E-state index contributed by atoms with van der Waals surface area (Å²) >= 11 is 1.40. The van der Waals surface area contributed by atoms with E-state index in [2.05, 4.69) is 0 Å². The highest BCUT2D eigenvalue weighted by Gasteiger charge is 2.31. The van der Waals surface area contributed by atoms with Crippen LogP contribution in [0.5, 0.6) is 0 Å². The van der Waals surface area contributed by atoms with Crippen LogP contribution in [0.15, 0.2) is 11.4 Å². The number of thiophene rings is 1. The monoisotopic (exact) mass is 234 g/mol. The second-order valence-corrected chi connectivity index (χ2v) is 6.93. The average Bonchev–Trinajstić information content (AvgIpc) is 2.33. The van der Waals surface area contributed by atoms with E-state index in [-0.39, 0.29) is 0 Å². The molecule has 0 radical (unpaired) electrons. The van der Waals surface area contributed by atoms with Gasteiger partial charge in [-0.3, -0.25) is 0 Å². The zero-order valence-corrected chi connectivity index (χ0v) is 9.78. The van der Waals surface area contributed by atoms with Crippen molar-refractivity contribution in [3.63, 3.8) is 0 Å². The summed E-state index contributed by atoms with van der Waals surface area (Å²) in [6.45, 7) is 3.19. The normalized spacial score (nSPS) is 13.1. The Labute approximate surface area is 88.0 Å². The molecule has 0 saturated carbocycles.